The Morgan fingerprint density at radius 1 is 1.06 bits per heavy atom. The second-order valence-electron chi connectivity index (χ2n) is 6.72. The summed E-state index contributed by atoms with van der Waals surface area (Å²) in [7, 11) is 1.60. The van der Waals surface area contributed by atoms with E-state index in [1.165, 1.54) is 4.68 Å². The Bertz CT molecular complexity index is 1320. The van der Waals surface area contributed by atoms with Crippen molar-refractivity contribution in [3.63, 3.8) is 0 Å². The Morgan fingerprint density at radius 2 is 1.88 bits per heavy atom. The average Bonchev–Trinajstić information content (AvgIpc) is 3.17. The number of aromatic amines is 1. The molecule has 0 saturated carbocycles. The number of nitrogens with one attached hydrogen (secondary N) is 1. The van der Waals surface area contributed by atoms with Gasteiger partial charge in [-0.2, -0.15) is 14.9 Å². The van der Waals surface area contributed by atoms with Gasteiger partial charge < -0.3 is 9.47 Å². The maximum Gasteiger partial charge on any atom is 0.216 e. The molecule has 0 fully saturated rings. The topological polar surface area (TPSA) is 64.4 Å². The Morgan fingerprint density at radius 3 is 2.62 bits per heavy atom. The van der Waals surface area contributed by atoms with Gasteiger partial charge in [-0.25, -0.2) is 5.10 Å². The lowest BCUT2D eigenvalue weighted by atomic mass is 10.2. The number of hydrogen-bond acceptors (Lipinski definition) is 5. The van der Waals surface area contributed by atoms with Crippen molar-refractivity contribution in [3.05, 3.63) is 92.7 Å². The maximum atomic E-state index is 6.33. The molecule has 9 heteroatoms. The van der Waals surface area contributed by atoms with Crippen molar-refractivity contribution >= 4 is 41.6 Å². The molecule has 0 aliphatic heterocycles. The number of H-pyrrole nitrogens is 1. The van der Waals surface area contributed by atoms with E-state index in [1.54, 1.807) is 31.5 Å². The van der Waals surface area contributed by atoms with Crippen LogP contribution in [0.1, 0.15) is 11.1 Å². The van der Waals surface area contributed by atoms with Crippen molar-refractivity contribution in [1.29, 1.82) is 0 Å². The number of aromatic nitrogens is 3. The number of hydrogen-bond donors (Lipinski definition) is 1. The molecule has 0 spiro atoms. The highest BCUT2D eigenvalue weighted by atomic mass is 35.5. The first kappa shape index (κ1) is 22.1. The quantitative estimate of drug-likeness (QED) is 0.244. The lowest BCUT2D eigenvalue weighted by Gasteiger charge is -2.11. The van der Waals surface area contributed by atoms with Crippen molar-refractivity contribution in [2.75, 3.05) is 7.11 Å². The third-order valence-electron chi connectivity index (χ3n) is 4.57. The van der Waals surface area contributed by atoms with Crippen LogP contribution < -0.4 is 9.47 Å². The molecule has 0 radical (unpaired) electrons. The summed E-state index contributed by atoms with van der Waals surface area (Å²) < 4.78 is 13.2. The lowest BCUT2D eigenvalue weighted by Crippen LogP contribution is -1.99. The monoisotopic (exact) mass is 484 g/mol. The summed E-state index contributed by atoms with van der Waals surface area (Å²) in [6.07, 6.45) is 1.66. The van der Waals surface area contributed by atoms with Crippen LogP contribution >= 0.6 is 35.4 Å². The second-order valence-corrected chi connectivity index (χ2v) is 7.95. The van der Waals surface area contributed by atoms with Gasteiger partial charge in [0.1, 0.15) is 6.61 Å². The van der Waals surface area contributed by atoms with Gasteiger partial charge in [-0.1, -0.05) is 53.5 Å². The third kappa shape index (κ3) is 5.02. The van der Waals surface area contributed by atoms with Crippen LogP contribution in [-0.4, -0.2) is 28.2 Å². The number of rotatable bonds is 7. The number of nitrogens with zero attached hydrogens (tertiary/aromatic N) is 3. The molecule has 0 unspecified atom stereocenters. The zero-order valence-electron chi connectivity index (χ0n) is 17.0. The molecule has 0 aliphatic rings. The average molecular weight is 485 g/mol. The number of methoxy groups -OCH3 is 1. The van der Waals surface area contributed by atoms with Gasteiger partial charge in [0.15, 0.2) is 17.3 Å². The first-order valence-corrected chi connectivity index (χ1v) is 10.7. The van der Waals surface area contributed by atoms with E-state index in [-0.39, 0.29) is 0 Å². The van der Waals surface area contributed by atoms with E-state index in [0.29, 0.717) is 44.3 Å². The molecule has 1 aromatic heterocycles. The highest BCUT2D eigenvalue weighted by molar-refractivity contribution is 7.71. The smallest absolute Gasteiger partial charge is 0.216 e. The molecule has 4 aromatic rings. The predicted octanol–water partition coefficient (Wildman–Crippen LogP) is 6.38. The molecule has 32 heavy (non-hydrogen) atoms. The first-order valence-electron chi connectivity index (χ1n) is 9.57. The molecular weight excluding hydrogens is 467 g/mol. The minimum Gasteiger partial charge on any atom is -0.493 e. The van der Waals surface area contributed by atoms with E-state index in [0.717, 1.165) is 11.1 Å². The highest BCUT2D eigenvalue weighted by Gasteiger charge is 2.12. The van der Waals surface area contributed by atoms with E-state index in [4.69, 9.17) is 44.9 Å². The summed E-state index contributed by atoms with van der Waals surface area (Å²) >= 11 is 17.7. The predicted molar refractivity (Wildman–Crippen MR) is 130 cm³/mol. The highest BCUT2D eigenvalue weighted by Crippen LogP contribution is 2.30. The van der Waals surface area contributed by atoms with Crippen LogP contribution in [0.3, 0.4) is 0 Å². The zero-order chi connectivity index (χ0) is 22.5. The molecule has 3 aromatic carbocycles. The molecule has 6 nitrogen and oxygen atoms in total. The fourth-order valence-corrected chi connectivity index (χ4v) is 3.66. The Hall–Kier alpha value is -3.13. The van der Waals surface area contributed by atoms with Crippen molar-refractivity contribution in [1.82, 2.24) is 14.9 Å². The van der Waals surface area contributed by atoms with Gasteiger partial charge in [-0.15, -0.1) is 0 Å². The van der Waals surface area contributed by atoms with Crippen LogP contribution in [0.2, 0.25) is 10.0 Å². The molecule has 0 saturated heterocycles. The van der Waals surface area contributed by atoms with Crippen LogP contribution in [0.25, 0.3) is 11.4 Å². The summed E-state index contributed by atoms with van der Waals surface area (Å²) in [6.45, 7) is 0.420. The van der Waals surface area contributed by atoms with Crippen molar-refractivity contribution in [3.8, 4) is 22.9 Å². The SMILES string of the molecule is COc1ccc(/C=N\n2c(-c3ccc(Cl)cc3Cl)n[nH]c2=S)cc1OCc1ccccc1. The van der Waals surface area contributed by atoms with Gasteiger partial charge in [-0.05, 0) is 59.7 Å². The van der Waals surface area contributed by atoms with Crippen molar-refractivity contribution < 1.29 is 9.47 Å². The molecule has 0 atom stereocenters. The third-order valence-corrected chi connectivity index (χ3v) is 5.38. The van der Waals surface area contributed by atoms with Gasteiger partial charge in [-0.3, -0.25) is 0 Å². The lowest BCUT2D eigenvalue weighted by molar-refractivity contribution is 0.284. The van der Waals surface area contributed by atoms with E-state index < -0.39 is 0 Å². The minimum atomic E-state index is 0.330. The molecule has 162 valence electrons. The molecule has 0 aliphatic carbocycles. The zero-order valence-corrected chi connectivity index (χ0v) is 19.3. The van der Waals surface area contributed by atoms with Crippen LogP contribution in [0.15, 0.2) is 71.8 Å². The Kier molecular flexibility index (Phi) is 6.90. The first-order chi connectivity index (χ1) is 15.5. The molecule has 0 amide bonds. The Balaban J connectivity index is 1.61. The minimum absolute atomic E-state index is 0.330. The van der Waals surface area contributed by atoms with Crippen molar-refractivity contribution in [2.45, 2.75) is 6.61 Å². The van der Waals surface area contributed by atoms with Crippen LogP contribution in [-0.2, 0) is 6.61 Å². The second kappa shape index (κ2) is 9.99. The van der Waals surface area contributed by atoms with Crippen molar-refractivity contribution in [2.24, 2.45) is 5.10 Å². The van der Waals surface area contributed by atoms with Gasteiger partial charge in [0.05, 0.1) is 18.3 Å². The van der Waals surface area contributed by atoms with E-state index in [9.17, 15) is 0 Å². The van der Waals surface area contributed by atoms with E-state index in [1.807, 2.05) is 48.5 Å². The standard InChI is InChI=1S/C23H18Cl2N4O2S/c1-30-20-10-7-16(11-21(20)31-14-15-5-3-2-4-6-15)13-26-29-22(27-28-23(29)32)18-9-8-17(24)12-19(18)25/h2-13H,14H2,1H3,(H,28,32)/b26-13-. The Labute approximate surface area is 200 Å². The van der Waals surface area contributed by atoms with Crippen LogP contribution in [0.5, 0.6) is 11.5 Å². The molecular formula is C23H18Cl2N4O2S. The van der Waals surface area contributed by atoms with E-state index >= 15 is 0 Å². The molecule has 0 bridgehead atoms. The molecule has 4 rings (SSSR count). The van der Waals surface area contributed by atoms with Gasteiger partial charge in [0.25, 0.3) is 0 Å². The fraction of sp³-hybridized carbons (Fsp3) is 0.0870. The number of halogens is 2. The van der Waals surface area contributed by atoms with Crippen LogP contribution in [0, 0.1) is 4.77 Å². The van der Waals surface area contributed by atoms with Crippen LogP contribution in [0.4, 0.5) is 0 Å². The molecule has 1 heterocycles. The number of benzene rings is 3. The van der Waals surface area contributed by atoms with Gasteiger partial charge in [0, 0.05) is 10.6 Å². The summed E-state index contributed by atoms with van der Waals surface area (Å²) in [5, 5.41) is 12.5. The summed E-state index contributed by atoms with van der Waals surface area (Å²) in [6, 6.07) is 20.6. The normalized spacial score (nSPS) is 11.1. The summed E-state index contributed by atoms with van der Waals surface area (Å²) in [5.41, 5.74) is 2.51. The summed E-state index contributed by atoms with van der Waals surface area (Å²) in [5.74, 6) is 1.71. The largest absolute Gasteiger partial charge is 0.493 e. The van der Waals surface area contributed by atoms with Gasteiger partial charge >= 0.3 is 0 Å². The maximum absolute atomic E-state index is 6.33. The summed E-state index contributed by atoms with van der Waals surface area (Å²) in [4.78, 5) is 0. The fourth-order valence-electron chi connectivity index (χ4n) is 2.99. The molecule has 1 N–H and O–H groups in total. The van der Waals surface area contributed by atoms with E-state index in [2.05, 4.69) is 15.3 Å². The number of ether oxygens (including phenoxy) is 2. The van der Waals surface area contributed by atoms with Gasteiger partial charge in [0.2, 0.25) is 4.77 Å².